The van der Waals surface area contributed by atoms with E-state index in [4.69, 9.17) is 11.6 Å². The highest BCUT2D eigenvalue weighted by Gasteiger charge is 2.22. The maximum atomic E-state index is 13.5. The smallest absolute Gasteiger partial charge is 0.271 e. The highest BCUT2D eigenvalue weighted by molar-refractivity contribution is 7.94. The van der Waals surface area contributed by atoms with Gasteiger partial charge in [0.1, 0.15) is 10.0 Å². The minimum Gasteiger partial charge on any atom is -0.370 e. The van der Waals surface area contributed by atoms with Crippen molar-refractivity contribution < 1.29 is 12.8 Å². The fraction of sp³-hybridized carbons (Fsp3) is 0.286. The van der Waals surface area contributed by atoms with Gasteiger partial charge in [-0.1, -0.05) is 11.6 Å². The van der Waals surface area contributed by atoms with E-state index in [1.807, 2.05) is 0 Å². The molecule has 0 aliphatic carbocycles. The minimum atomic E-state index is -3.77. The molecule has 0 amide bonds. The quantitative estimate of drug-likeness (QED) is 0.898. The summed E-state index contributed by atoms with van der Waals surface area (Å²) in [6.45, 7) is 1.68. The van der Waals surface area contributed by atoms with Gasteiger partial charge in [0.2, 0.25) is 0 Å². The first-order valence-electron chi connectivity index (χ1n) is 6.78. The second-order valence-corrected chi connectivity index (χ2v) is 8.64. The van der Waals surface area contributed by atoms with Gasteiger partial charge in [0.25, 0.3) is 10.0 Å². The summed E-state index contributed by atoms with van der Waals surface area (Å²) in [6.07, 6.45) is 2.09. The first kappa shape index (κ1) is 15.6. The predicted octanol–water partition coefficient (Wildman–Crippen LogP) is 3.94. The molecule has 22 heavy (non-hydrogen) atoms. The molecule has 0 unspecified atom stereocenters. The molecule has 8 heteroatoms. The third-order valence-corrected chi connectivity index (χ3v) is 6.55. The van der Waals surface area contributed by atoms with Crippen LogP contribution in [0.15, 0.2) is 34.5 Å². The fourth-order valence-electron chi connectivity index (χ4n) is 2.46. The molecule has 0 atom stereocenters. The van der Waals surface area contributed by atoms with Crippen molar-refractivity contribution in [3.05, 3.63) is 40.5 Å². The van der Waals surface area contributed by atoms with E-state index < -0.39 is 15.8 Å². The monoisotopic (exact) mass is 360 g/mol. The lowest BCUT2D eigenvalue weighted by Gasteiger charge is -2.21. The molecule has 2 aromatic rings. The number of halogens is 2. The van der Waals surface area contributed by atoms with E-state index in [1.54, 1.807) is 6.07 Å². The summed E-state index contributed by atoms with van der Waals surface area (Å²) < 4.78 is 41.3. The van der Waals surface area contributed by atoms with E-state index in [-0.39, 0.29) is 9.90 Å². The van der Waals surface area contributed by atoms with Crippen LogP contribution in [0.5, 0.6) is 0 Å². The SMILES string of the molecule is O=S(=O)(Nc1cc(F)ccc1N1CCCC1)c1ccc(Cl)s1. The molecule has 1 aliphatic rings. The number of nitrogens with zero attached hydrogens (tertiary/aromatic N) is 1. The second kappa shape index (κ2) is 6.06. The van der Waals surface area contributed by atoms with Crippen LogP contribution >= 0.6 is 22.9 Å². The van der Waals surface area contributed by atoms with E-state index >= 15 is 0 Å². The molecule has 1 saturated heterocycles. The van der Waals surface area contributed by atoms with Crippen molar-refractivity contribution in [1.29, 1.82) is 0 Å². The number of nitrogens with one attached hydrogen (secondary N) is 1. The number of thiophene rings is 1. The summed E-state index contributed by atoms with van der Waals surface area (Å²) >= 11 is 6.75. The van der Waals surface area contributed by atoms with Crippen LogP contribution in [0.3, 0.4) is 0 Å². The molecule has 1 aliphatic heterocycles. The van der Waals surface area contributed by atoms with Crippen LogP contribution in [0.1, 0.15) is 12.8 Å². The zero-order chi connectivity index (χ0) is 15.7. The first-order valence-corrected chi connectivity index (χ1v) is 9.46. The molecule has 4 nitrogen and oxygen atoms in total. The van der Waals surface area contributed by atoms with Gasteiger partial charge in [0.15, 0.2) is 0 Å². The van der Waals surface area contributed by atoms with Crippen LogP contribution in [-0.4, -0.2) is 21.5 Å². The third-order valence-electron chi connectivity index (χ3n) is 3.46. The van der Waals surface area contributed by atoms with Crippen LogP contribution in [0.25, 0.3) is 0 Å². The average molecular weight is 361 g/mol. The minimum absolute atomic E-state index is 0.106. The molecule has 3 rings (SSSR count). The maximum absolute atomic E-state index is 13.5. The molecule has 0 spiro atoms. The van der Waals surface area contributed by atoms with Gasteiger partial charge in [-0.05, 0) is 37.1 Å². The highest BCUT2D eigenvalue weighted by atomic mass is 35.5. The summed E-state index contributed by atoms with van der Waals surface area (Å²) in [7, 11) is -3.77. The normalized spacial score (nSPS) is 15.3. The van der Waals surface area contributed by atoms with Crippen LogP contribution in [0.4, 0.5) is 15.8 Å². The Balaban J connectivity index is 1.95. The van der Waals surface area contributed by atoms with Gasteiger partial charge in [-0.2, -0.15) is 0 Å². The van der Waals surface area contributed by atoms with Crippen molar-refractivity contribution in [3.8, 4) is 0 Å². The molecule has 2 heterocycles. The molecular formula is C14H14ClFN2O2S2. The zero-order valence-electron chi connectivity index (χ0n) is 11.6. The summed E-state index contributed by atoms with van der Waals surface area (Å²) in [4.78, 5) is 2.05. The van der Waals surface area contributed by atoms with Crippen molar-refractivity contribution in [2.45, 2.75) is 17.1 Å². The topological polar surface area (TPSA) is 49.4 Å². The number of sulfonamides is 1. The zero-order valence-corrected chi connectivity index (χ0v) is 13.9. The Labute approximate surface area is 137 Å². The number of hydrogen-bond donors (Lipinski definition) is 1. The highest BCUT2D eigenvalue weighted by Crippen LogP contribution is 2.33. The molecule has 1 fully saturated rings. The number of anilines is 2. The maximum Gasteiger partial charge on any atom is 0.271 e. The van der Waals surface area contributed by atoms with E-state index in [0.29, 0.717) is 10.0 Å². The fourth-order valence-corrected chi connectivity index (χ4v) is 5.01. The van der Waals surface area contributed by atoms with Gasteiger partial charge in [-0.25, -0.2) is 12.8 Å². The lowest BCUT2D eigenvalue weighted by atomic mass is 10.2. The Bertz CT molecular complexity index is 786. The van der Waals surface area contributed by atoms with Crippen molar-refractivity contribution in [1.82, 2.24) is 0 Å². The Hall–Kier alpha value is -1.31. The number of rotatable bonds is 4. The molecule has 1 aromatic heterocycles. The molecule has 0 saturated carbocycles. The standard InChI is InChI=1S/C14H14ClFN2O2S2/c15-13-5-6-14(21-13)22(19,20)17-11-9-10(16)3-4-12(11)18-7-1-2-8-18/h3-6,9,17H,1-2,7-8H2. The number of benzene rings is 1. The number of hydrogen-bond acceptors (Lipinski definition) is 4. The van der Waals surface area contributed by atoms with Gasteiger partial charge in [-0.3, -0.25) is 4.72 Å². The van der Waals surface area contributed by atoms with E-state index in [2.05, 4.69) is 9.62 Å². The molecule has 0 radical (unpaired) electrons. The summed E-state index contributed by atoms with van der Waals surface area (Å²) in [5, 5.41) is 0. The van der Waals surface area contributed by atoms with E-state index in [9.17, 15) is 12.8 Å². The second-order valence-electron chi connectivity index (χ2n) is 5.02. The van der Waals surface area contributed by atoms with Crippen molar-refractivity contribution >= 4 is 44.3 Å². The lowest BCUT2D eigenvalue weighted by Crippen LogP contribution is -2.21. The van der Waals surface area contributed by atoms with Crippen LogP contribution in [-0.2, 0) is 10.0 Å². The third kappa shape index (κ3) is 3.21. The summed E-state index contributed by atoms with van der Waals surface area (Å²) in [6, 6.07) is 7.12. The summed E-state index contributed by atoms with van der Waals surface area (Å²) in [5.41, 5.74) is 0.955. The van der Waals surface area contributed by atoms with E-state index in [1.165, 1.54) is 24.3 Å². The molecule has 1 N–H and O–H groups in total. The summed E-state index contributed by atoms with van der Waals surface area (Å²) in [5.74, 6) is -0.482. The van der Waals surface area contributed by atoms with Crippen LogP contribution in [0, 0.1) is 5.82 Å². The first-order chi connectivity index (χ1) is 10.5. The van der Waals surface area contributed by atoms with Gasteiger partial charge in [0.05, 0.1) is 15.7 Å². The largest absolute Gasteiger partial charge is 0.370 e. The Kier molecular flexibility index (Phi) is 4.29. The van der Waals surface area contributed by atoms with Crippen molar-refractivity contribution in [3.63, 3.8) is 0 Å². The van der Waals surface area contributed by atoms with Crippen LogP contribution < -0.4 is 9.62 Å². The van der Waals surface area contributed by atoms with E-state index in [0.717, 1.165) is 37.3 Å². The van der Waals surface area contributed by atoms with Gasteiger partial charge in [-0.15, -0.1) is 11.3 Å². The van der Waals surface area contributed by atoms with Crippen LogP contribution in [0.2, 0.25) is 4.34 Å². The Morgan fingerprint density at radius 1 is 1.18 bits per heavy atom. The Morgan fingerprint density at radius 3 is 2.55 bits per heavy atom. The lowest BCUT2D eigenvalue weighted by molar-refractivity contribution is 0.603. The Morgan fingerprint density at radius 2 is 1.91 bits per heavy atom. The van der Waals surface area contributed by atoms with Crippen molar-refractivity contribution in [2.75, 3.05) is 22.7 Å². The van der Waals surface area contributed by atoms with Gasteiger partial charge < -0.3 is 4.90 Å². The molecule has 118 valence electrons. The molecule has 0 bridgehead atoms. The van der Waals surface area contributed by atoms with Crippen molar-refractivity contribution in [2.24, 2.45) is 0 Å². The average Bonchev–Trinajstić information content (AvgIpc) is 3.10. The van der Waals surface area contributed by atoms with Gasteiger partial charge in [0, 0.05) is 19.2 Å². The predicted molar refractivity (Wildman–Crippen MR) is 88.0 cm³/mol. The van der Waals surface area contributed by atoms with Gasteiger partial charge >= 0.3 is 0 Å². The molecular weight excluding hydrogens is 347 g/mol. The molecule has 1 aromatic carbocycles.